The summed E-state index contributed by atoms with van der Waals surface area (Å²) in [5, 5.41) is 16.1. The van der Waals surface area contributed by atoms with Crippen LogP contribution < -0.4 is 0 Å². The molecule has 226 valence electrons. The molecule has 2 heterocycles. The zero-order chi connectivity index (χ0) is 30.0. The fraction of sp³-hybridized carbons (Fsp3) is 0.613. The van der Waals surface area contributed by atoms with E-state index in [2.05, 4.69) is 23.1 Å². The average molecular weight is 602 g/mol. The molecule has 8 nitrogen and oxygen atoms in total. The molecule has 4 aliphatic carbocycles. The highest BCUT2D eigenvalue weighted by molar-refractivity contribution is 8.13. The summed E-state index contributed by atoms with van der Waals surface area (Å²) in [5.74, 6) is -1.58. The number of hydrogen-bond acceptors (Lipinski definition) is 8. The molecule has 0 aromatic carbocycles. The minimum Gasteiger partial charge on any atom is -0.447 e. The highest BCUT2D eigenvalue weighted by atomic mass is 32.2. The molecule has 1 N–H and O–H groups in total. The molecule has 6 rings (SSSR count). The monoisotopic (exact) mass is 601 g/mol. The van der Waals surface area contributed by atoms with E-state index in [1.54, 1.807) is 10.7 Å². The summed E-state index contributed by atoms with van der Waals surface area (Å²) >= 11 is 0.538. The van der Waals surface area contributed by atoms with Crippen molar-refractivity contribution >= 4 is 28.9 Å². The van der Waals surface area contributed by atoms with E-state index in [0.29, 0.717) is 30.3 Å². The maximum Gasteiger partial charge on any atom is 0.333 e. The second-order valence-corrected chi connectivity index (χ2v) is 13.8. The van der Waals surface area contributed by atoms with Crippen molar-refractivity contribution in [3.63, 3.8) is 0 Å². The van der Waals surface area contributed by atoms with Gasteiger partial charge in [-0.3, -0.25) is 4.79 Å². The Balaban J connectivity index is 1.37. The van der Waals surface area contributed by atoms with Gasteiger partial charge < -0.3 is 14.6 Å². The predicted molar refractivity (Wildman–Crippen MR) is 153 cm³/mol. The number of aliphatic hydroxyl groups excluding tert-OH is 1. The number of methoxy groups -OCH3 is 1. The van der Waals surface area contributed by atoms with Gasteiger partial charge in [0, 0.05) is 18.4 Å². The molecular formula is C31H37F2N3O5S. The van der Waals surface area contributed by atoms with Crippen LogP contribution in [0.25, 0.3) is 11.8 Å². The number of esters is 1. The number of carbonyl (C=O) groups is 2. The molecule has 0 spiro atoms. The second kappa shape index (κ2) is 10.5. The molecule has 0 aliphatic heterocycles. The van der Waals surface area contributed by atoms with Crippen LogP contribution in [-0.4, -0.2) is 62.4 Å². The van der Waals surface area contributed by atoms with Crippen molar-refractivity contribution in [2.24, 2.45) is 34.5 Å². The maximum absolute atomic E-state index is 13.7. The molecule has 2 unspecified atom stereocenters. The second-order valence-electron chi connectivity index (χ2n) is 12.9. The number of carbonyl (C=O) groups excluding carboxylic acids is 2. The molecule has 2 aromatic rings. The number of ether oxygens (including phenoxy) is 2. The van der Waals surface area contributed by atoms with Gasteiger partial charge in [-0.1, -0.05) is 26.3 Å². The van der Waals surface area contributed by atoms with Crippen molar-refractivity contribution in [2.45, 2.75) is 64.6 Å². The fourth-order valence-corrected chi connectivity index (χ4v) is 10.2. The van der Waals surface area contributed by atoms with Gasteiger partial charge in [0.25, 0.3) is 0 Å². The Labute approximate surface area is 248 Å². The Morgan fingerprint density at radius 2 is 2.05 bits per heavy atom. The summed E-state index contributed by atoms with van der Waals surface area (Å²) in [6.07, 6.45) is 7.91. The molecule has 0 amide bonds. The third-order valence-electron chi connectivity index (χ3n) is 10.9. The lowest BCUT2D eigenvalue weighted by Crippen LogP contribution is -2.63. The Bertz CT molecular complexity index is 1430. The molecule has 0 saturated heterocycles. The average Bonchev–Trinajstić information content (AvgIpc) is 3.43. The summed E-state index contributed by atoms with van der Waals surface area (Å²) in [6, 6.07) is 2.05. The van der Waals surface area contributed by atoms with Gasteiger partial charge in [-0.15, -0.1) is 0 Å². The number of alkyl halides is 1. The van der Waals surface area contributed by atoms with Gasteiger partial charge >= 0.3 is 5.97 Å². The van der Waals surface area contributed by atoms with Crippen molar-refractivity contribution in [3.8, 4) is 5.69 Å². The SMILES string of the molecule is COCC(=O)O[C@]1(C(=O)SCF)[C@H](C)CC2[C@@H]3CCC4=Cc5c(cnn5-c5ccc(F)nc5)C[C@]4(C)C3[C@@H](O)C[C@@]21C. The molecule has 3 saturated carbocycles. The highest BCUT2D eigenvalue weighted by Gasteiger charge is 2.73. The van der Waals surface area contributed by atoms with Gasteiger partial charge in [0.2, 0.25) is 11.1 Å². The number of thioether (sulfide) groups is 1. The number of aromatic nitrogens is 3. The van der Waals surface area contributed by atoms with Crippen LogP contribution in [-0.2, 0) is 25.5 Å². The molecule has 0 radical (unpaired) electrons. The lowest BCUT2D eigenvalue weighted by atomic mass is 9.45. The Kier molecular flexibility index (Phi) is 7.37. The van der Waals surface area contributed by atoms with Gasteiger partial charge in [0.15, 0.2) is 5.60 Å². The zero-order valence-corrected chi connectivity index (χ0v) is 25.1. The number of halogens is 2. The molecule has 3 fully saturated rings. The van der Waals surface area contributed by atoms with Crippen LogP contribution in [0, 0.1) is 40.4 Å². The van der Waals surface area contributed by atoms with E-state index in [0.717, 1.165) is 24.1 Å². The summed E-state index contributed by atoms with van der Waals surface area (Å²) < 4.78 is 39.8. The standard InChI is InChI=1S/C31H37F2N3O5S/c1-17-9-22-21-7-5-19-10-23-18(13-35-36(23)20-6-8-25(33)34-14-20)11-29(19,2)27(21)24(37)12-30(22,3)31(17,28(39)42-16-32)41-26(38)15-40-4/h6,8,10,13-14,17,21-22,24,27,37H,5,7,9,11-12,15-16H2,1-4H3/t17-,21+,22?,24+,27?,29+,30+,31+/m1/s1. The van der Waals surface area contributed by atoms with Crippen molar-refractivity contribution in [1.82, 2.24) is 14.8 Å². The Hall–Kier alpha value is -2.63. The summed E-state index contributed by atoms with van der Waals surface area (Å²) in [5.41, 5.74) is 1.13. The number of aliphatic hydroxyl groups is 1. The van der Waals surface area contributed by atoms with Crippen LogP contribution in [0.1, 0.15) is 57.7 Å². The van der Waals surface area contributed by atoms with E-state index in [-0.39, 0.29) is 42.1 Å². The first-order valence-corrected chi connectivity index (χ1v) is 15.5. The van der Waals surface area contributed by atoms with Crippen molar-refractivity contribution in [1.29, 1.82) is 0 Å². The normalized spacial score (nSPS) is 36.7. The van der Waals surface area contributed by atoms with E-state index in [1.807, 2.05) is 20.0 Å². The molecule has 4 aliphatic rings. The van der Waals surface area contributed by atoms with E-state index in [4.69, 9.17) is 9.47 Å². The maximum atomic E-state index is 13.7. The molecule has 11 heteroatoms. The van der Waals surface area contributed by atoms with Gasteiger partial charge in [-0.2, -0.15) is 9.49 Å². The number of rotatable bonds is 6. The van der Waals surface area contributed by atoms with Gasteiger partial charge in [-0.05, 0) is 90.8 Å². The van der Waals surface area contributed by atoms with Crippen molar-refractivity contribution in [3.05, 3.63) is 47.3 Å². The van der Waals surface area contributed by atoms with Gasteiger partial charge in [0.1, 0.15) is 12.6 Å². The number of pyridine rings is 1. The zero-order valence-electron chi connectivity index (χ0n) is 24.3. The quantitative estimate of drug-likeness (QED) is 0.368. The van der Waals surface area contributed by atoms with E-state index >= 15 is 0 Å². The van der Waals surface area contributed by atoms with Crippen molar-refractivity contribution in [2.75, 3.05) is 19.7 Å². The van der Waals surface area contributed by atoms with Gasteiger partial charge in [0.05, 0.1) is 29.9 Å². The first-order valence-electron chi connectivity index (χ1n) is 14.5. The molecule has 42 heavy (non-hydrogen) atoms. The lowest BCUT2D eigenvalue weighted by molar-refractivity contribution is -0.203. The van der Waals surface area contributed by atoms with Crippen LogP contribution in [0.2, 0.25) is 0 Å². The largest absolute Gasteiger partial charge is 0.447 e. The fourth-order valence-electron chi connectivity index (χ4n) is 9.38. The Morgan fingerprint density at radius 3 is 2.74 bits per heavy atom. The molecule has 2 aromatic heterocycles. The summed E-state index contributed by atoms with van der Waals surface area (Å²) in [4.78, 5) is 30.3. The third kappa shape index (κ3) is 4.13. The predicted octanol–water partition coefficient (Wildman–Crippen LogP) is 4.92. The third-order valence-corrected chi connectivity index (χ3v) is 11.6. The lowest BCUT2D eigenvalue weighted by Gasteiger charge is -2.60. The molecular weight excluding hydrogens is 564 g/mol. The summed E-state index contributed by atoms with van der Waals surface area (Å²) in [7, 11) is 1.38. The topological polar surface area (TPSA) is 104 Å². The first-order chi connectivity index (χ1) is 20.0. The van der Waals surface area contributed by atoms with Crippen LogP contribution >= 0.6 is 11.8 Å². The minimum absolute atomic E-state index is 0.00630. The van der Waals surface area contributed by atoms with E-state index in [9.17, 15) is 23.5 Å². The number of hydrogen-bond donors (Lipinski definition) is 1. The summed E-state index contributed by atoms with van der Waals surface area (Å²) in [6.45, 7) is 5.76. The van der Waals surface area contributed by atoms with Crippen LogP contribution in [0.5, 0.6) is 0 Å². The van der Waals surface area contributed by atoms with Gasteiger partial charge in [-0.25, -0.2) is 18.9 Å². The first kappa shape index (κ1) is 29.4. The number of fused-ring (bicyclic) bond motifs is 6. The number of allylic oxidation sites excluding steroid dienone is 1. The minimum atomic E-state index is -1.56. The Morgan fingerprint density at radius 1 is 1.26 bits per heavy atom. The molecule has 0 bridgehead atoms. The smallest absolute Gasteiger partial charge is 0.333 e. The molecule has 8 atom stereocenters. The van der Waals surface area contributed by atoms with Crippen LogP contribution in [0.3, 0.4) is 0 Å². The van der Waals surface area contributed by atoms with Crippen LogP contribution in [0.15, 0.2) is 30.1 Å². The van der Waals surface area contributed by atoms with E-state index < -0.39 is 40.2 Å². The number of nitrogens with zero attached hydrogens (tertiary/aromatic N) is 3. The van der Waals surface area contributed by atoms with E-state index in [1.165, 1.54) is 24.9 Å². The highest BCUT2D eigenvalue weighted by Crippen LogP contribution is 2.70. The van der Waals surface area contributed by atoms with Crippen LogP contribution in [0.4, 0.5) is 8.78 Å². The van der Waals surface area contributed by atoms with Crippen molar-refractivity contribution < 1.29 is 33.0 Å².